The van der Waals surface area contributed by atoms with Crippen LogP contribution in [0.25, 0.3) is 10.8 Å². The molecule has 0 spiro atoms. The lowest BCUT2D eigenvalue weighted by Crippen LogP contribution is -2.36. The molecular weight excluding hydrogens is 308 g/mol. The zero-order chi connectivity index (χ0) is 17.7. The number of amides is 2. The van der Waals surface area contributed by atoms with Crippen LogP contribution in [0.5, 0.6) is 0 Å². The van der Waals surface area contributed by atoms with Crippen molar-refractivity contribution >= 4 is 22.6 Å². The molecule has 1 heterocycles. The van der Waals surface area contributed by atoms with Gasteiger partial charge < -0.3 is 10.6 Å². The molecule has 0 fully saturated rings. The van der Waals surface area contributed by atoms with Crippen molar-refractivity contribution in [2.75, 3.05) is 13.6 Å². The second-order valence-electron chi connectivity index (χ2n) is 5.97. The smallest absolute Gasteiger partial charge is 0.275 e. The van der Waals surface area contributed by atoms with Gasteiger partial charge in [-0.15, -0.1) is 0 Å². The Morgan fingerprint density at radius 3 is 2.50 bits per heavy atom. The summed E-state index contributed by atoms with van der Waals surface area (Å²) in [6.07, 6.45) is 0.856. The summed E-state index contributed by atoms with van der Waals surface area (Å²) >= 11 is 0. The molecule has 2 N–H and O–H groups in total. The molecule has 1 aromatic heterocycles. The highest BCUT2D eigenvalue weighted by Crippen LogP contribution is 2.13. The van der Waals surface area contributed by atoms with Gasteiger partial charge in [0, 0.05) is 19.0 Å². The van der Waals surface area contributed by atoms with E-state index in [1.807, 2.05) is 0 Å². The van der Waals surface area contributed by atoms with E-state index in [1.165, 1.54) is 7.05 Å². The zero-order valence-corrected chi connectivity index (χ0v) is 14.1. The Bertz CT molecular complexity index is 811. The first kappa shape index (κ1) is 17.7. The van der Waals surface area contributed by atoms with Crippen molar-refractivity contribution in [2.45, 2.75) is 26.8 Å². The fourth-order valence-electron chi connectivity index (χ4n) is 2.32. The molecule has 128 valence electrons. The van der Waals surface area contributed by atoms with E-state index in [1.54, 1.807) is 24.3 Å². The van der Waals surface area contributed by atoms with Gasteiger partial charge in [0.1, 0.15) is 6.54 Å². The minimum Gasteiger partial charge on any atom is -0.354 e. The van der Waals surface area contributed by atoms with E-state index < -0.39 is 11.5 Å². The molecule has 7 heteroatoms. The Morgan fingerprint density at radius 1 is 1.21 bits per heavy atom. The average Bonchev–Trinajstić information content (AvgIpc) is 2.56. The van der Waals surface area contributed by atoms with E-state index in [-0.39, 0.29) is 18.1 Å². The van der Waals surface area contributed by atoms with Gasteiger partial charge in [-0.3, -0.25) is 14.4 Å². The molecule has 0 radical (unpaired) electrons. The molecule has 0 saturated heterocycles. The van der Waals surface area contributed by atoms with E-state index in [4.69, 9.17) is 0 Å². The summed E-state index contributed by atoms with van der Waals surface area (Å²) in [5.41, 5.74) is -0.264. The van der Waals surface area contributed by atoms with Gasteiger partial charge in [-0.2, -0.15) is 5.10 Å². The zero-order valence-electron chi connectivity index (χ0n) is 14.1. The molecule has 2 amide bonds. The Kier molecular flexibility index (Phi) is 5.68. The van der Waals surface area contributed by atoms with Gasteiger partial charge in [0.2, 0.25) is 5.91 Å². The van der Waals surface area contributed by atoms with Gasteiger partial charge in [0.15, 0.2) is 5.69 Å². The lowest BCUT2D eigenvalue weighted by molar-refractivity contribution is -0.121. The number of nitrogens with zero attached hydrogens (tertiary/aromatic N) is 2. The number of hydrogen-bond acceptors (Lipinski definition) is 4. The molecule has 0 unspecified atom stereocenters. The van der Waals surface area contributed by atoms with Crippen LogP contribution in [0.1, 0.15) is 30.8 Å². The Morgan fingerprint density at radius 2 is 1.88 bits per heavy atom. The standard InChI is InChI=1S/C17H22N4O3/c1-11(2)8-9-19-14(22)10-21-17(24)13-7-5-4-6-12(13)15(20-21)16(23)18-3/h4-7,11H,8-10H2,1-3H3,(H,18,23)(H,19,22). The number of carbonyl (C=O) groups excluding carboxylic acids is 2. The van der Waals surface area contributed by atoms with E-state index in [9.17, 15) is 14.4 Å². The number of aromatic nitrogens is 2. The largest absolute Gasteiger partial charge is 0.354 e. The van der Waals surface area contributed by atoms with Crippen LogP contribution in [0.3, 0.4) is 0 Å². The van der Waals surface area contributed by atoms with Crippen LogP contribution in [0, 0.1) is 5.92 Å². The molecule has 0 atom stereocenters. The fraction of sp³-hybridized carbons (Fsp3) is 0.412. The summed E-state index contributed by atoms with van der Waals surface area (Å²) in [5, 5.41) is 10.2. The maximum absolute atomic E-state index is 12.5. The minimum absolute atomic E-state index is 0.127. The van der Waals surface area contributed by atoms with Crippen molar-refractivity contribution in [3.63, 3.8) is 0 Å². The molecule has 2 aromatic rings. The predicted octanol–water partition coefficient (Wildman–Crippen LogP) is 0.918. The van der Waals surface area contributed by atoms with Gasteiger partial charge in [-0.05, 0) is 18.4 Å². The van der Waals surface area contributed by atoms with Crippen molar-refractivity contribution in [1.29, 1.82) is 0 Å². The van der Waals surface area contributed by atoms with Crippen molar-refractivity contribution in [3.8, 4) is 0 Å². The molecule has 24 heavy (non-hydrogen) atoms. The van der Waals surface area contributed by atoms with Gasteiger partial charge in [-0.1, -0.05) is 32.0 Å². The normalized spacial score (nSPS) is 10.8. The lowest BCUT2D eigenvalue weighted by Gasteiger charge is -2.11. The van der Waals surface area contributed by atoms with Crippen molar-refractivity contribution in [3.05, 3.63) is 40.3 Å². The minimum atomic E-state index is -0.403. The molecule has 1 aromatic carbocycles. The summed E-state index contributed by atoms with van der Waals surface area (Å²) < 4.78 is 1.04. The molecule has 0 aliphatic rings. The SMILES string of the molecule is CNC(=O)c1nn(CC(=O)NCCC(C)C)c(=O)c2ccccc12. The predicted molar refractivity (Wildman–Crippen MR) is 91.9 cm³/mol. The Hall–Kier alpha value is -2.70. The number of fused-ring (bicyclic) bond motifs is 1. The van der Waals surface area contributed by atoms with Crippen LogP contribution >= 0.6 is 0 Å². The highest BCUT2D eigenvalue weighted by Gasteiger charge is 2.16. The van der Waals surface area contributed by atoms with E-state index in [0.29, 0.717) is 23.2 Å². The van der Waals surface area contributed by atoms with Gasteiger partial charge in [0.05, 0.1) is 5.39 Å². The first-order valence-corrected chi connectivity index (χ1v) is 7.92. The third kappa shape index (κ3) is 3.98. The molecule has 0 saturated carbocycles. The topological polar surface area (TPSA) is 93.1 Å². The first-order valence-electron chi connectivity index (χ1n) is 7.92. The maximum atomic E-state index is 12.5. The van der Waals surface area contributed by atoms with Crippen LogP contribution in [0.2, 0.25) is 0 Å². The number of benzene rings is 1. The van der Waals surface area contributed by atoms with Crippen LogP contribution in [0.4, 0.5) is 0 Å². The number of rotatable bonds is 6. The molecule has 0 aliphatic carbocycles. The van der Waals surface area contributed by atoms with Crippen LogP contribution in [-0.4, -0.2) is 35.2 Å². The van der Waals surface area contributed by atoms with Crippen LogP contribution in [-0.2, 0) is 11.3 Å². The van der Waals surface area contributed by atoms with E-state index in [2.05, 4.69) is 29.6 Å². The first-order chi connectivity index (χ1) is 11.4. The van der Waals surface area contributed by atoms with Crippen molar-refractivity contribution in [2.24, 2.45) is 5.92 Å². The number of nitrogens with one attached hydrogen (secondary N) is 2. The third-order valence-electron chi connectivity index (χ3n) is 3.65. The highest BCUT2D eigenvalue weighted by atomic mass is 16.2. The van der Waals surface area contributed by atoms with Gasteiger partial charge >= 0.3 is 0 Å². The van der Waals surface area contributed by atoms with E-state index >= 15 is 0 Å². The van der Waals surface area contributed by atoms with E-state index in [0.717, 1.165) is 11.1 Å². The third-order valence-corrected chi connectivity index (χ3v) is 3.65. The summed E-state index contributed by atoms with van der Waals surface area (Å²) in [6, 6.07) is 6.74. The van der Waals surface area contributed by atoms with Gasteiger partial charge in [0.25, 0.3) is 11.5 Å². The average molecular weight is 330 g/mol. The summed E-state index contributed by atoms with van der Waals surface area (Å²) in [6.45, 7) is 4.46. The summed E-state index contributed by atoms with van der Waals surface area (Å²) in [4.78, 5) is 36.6. The van der Waals surface area contributed by atoms with Crippen LogP contribution < -0.4 is 16.2 Å². The second kappa shape index (κ2) is 7.72. The quantitative estimate of drug-likeness (QED) is 0.823. The Balaban J connectivity index is 2.33. The summed E-state index contributed by atoms with van der Waals surface area (Å²) in [7, 11) is 1.49. The lowest BCUT2D eigenvalue weighted by atomic mass is 10.1. The second-order valence-corrected chi connectivity index (χ2v) is 5.97. The molecule has 7 nitrogen and oxygen atoms in total. The molecular formula is C17H22N4O3. The van der Waals surface area contributed by atoms with Crippen molar-refractivity contribution < 1.29 is 9.59 Å². The maximum Gasteiger partial charge on any atom is 0.275 e. The number of carbonyl (C=O) groups is 2. The molecule has 2 rings (SSSR count). The molecule has 0 aliphatic heterocycles. The number of hydrogen-bond donors (Lipinski definition) is 2. The highest BCUT2D eigenvalue weighted by molar-refractivity contribution is 6.04. The monoisotopic (exact) mass is 330 g/mol. The Labute approximate surface area is 140 Å². The molecule has 0 bridgehead atoms. The summed E-state index contributed by atoms with van der Waals surface area (Å²) in [5.74, 6) is -0.227. The van der Waals surface area contributed by atoms with Crippen molar-refractivity contribution in [1.82, 2.24) is 20.4 Å². The fourth-order valence-corrected chi connectivity index (χ4v) is 2.32. The van der Waals surface area contributed by atoms with Gasteiger partial charge in [-0.25, -0.2) is 4.68 Å². The van der Waals surface area contributed by atoms with Crippen LogP contribution in [0.15, 0.2) is 29.1 Å².